The van der Waals surface area contributed by atoms with Crippen molar-refractivity contribution in [2.24, 2.45) is 0 Å². The van der Waals surface area contributed by atoms with Crippen molar-refractivity contribution in [1.29, 1.82) is 0 Å². The summed E-state index contributed by atoms with van der Waals surface area (Å²) in [5, 5.41) is 7.20. The highest BCUT2D eigenvalue weighted by Crippen LogP contribution is 2.16. The van der Waals surface area contributed by atoms with E-state index in [1.54, 1.807) is 12.3 Å². The summed E-state index contributed by atoms with van der Waals surface area (Å²) in [6.45, 7) is 2.66. The van der Waals surface area contributed by atoms with Crippen LogP contribution in [0.4, 0.5) is 0 Å². The smallest absolute Gasteiger partial charge is 0.252 e. The van der Waals surface area contributed by atoms with Crippen LogP contribution in [0.3, 0.4) is 0 Å². The van der Waals surface area contributed by atoms with E-state index in [-0.39, 0.29) is 5.91 Å². The lowest BCUT2D eigenvalue weighted by Gasteiger charge is -2.14. The highest BCUT2D eigenvalue weighted by Gasteiger charge is 2.10. The Morgan fingerprint density at radius 2 is 2.19 bits per heavy atom. The lowest BCUT2D eigenvalue weighted by molar-refractivity contribution is 0.0955. The van der Waals surface area contributed by atoms with Gasteiger partial charge in [0.15, 0.2) is 0 Å². The van der Waals surface area contributed by atoms with Crippen molar-refractivity contribution in [3.8, 4) is 0 Å². The first-order valence-corrected chi connectivity index (χ1v) is 7.35. The Morgan fingerprint density at radius 3 is 3.05 bits per heavy atom. The molecule has 108 valence electrons. The normalized spacial score (nSPS) is 14.8. The number of pyridine rings is 1. The Labute approximate surface area is 124 Å². The van der Waals surface area contributed by atoms with Gasteiger partial charge in [0, 0.05) is 24.7 Å². The summed E-state index contributed by atoms with van der Waals surface area (Å²) in [5.41, 5.74) is 2.97. The monoisotopic (exact) mass is 281 g/mol. The second-order valence-electron chi connectivity index (χ2n) is 5.20. The lowest BCUT2D eigenvalue weighted by atomic mass is 10.1. The van der Waals surface area contributed by atoms with Crippen LogP contribution in [0.2, 0.25) is 0 Å². The Hall–Kier alpha value is -2.20. The number of hydrogen-bond donors (Lipinski definition) is 2. The molecule has 1 aromatic carbocycles. The minimum Gasteiger partial charge on any atom is -0.352 e. The summed E-state index contributed by atoms with van der Waals surface area (Å²) >= 11 is 0. The van der Waals surface area contributed by atoms with E-state index in [0.29, 0.717) is 12.1 Å². The summed E-state index contributed by atoms with van der Waals surface area (Å²) in [5.74, 6) is -0.0249. The van der Waals surface area contributed by atoms with Gasteiger partial charge in [0.1, 0.15) is 0 Å². The number of carbonyl (C=O) groups excluding carboxylic acids is 1. The Morgan fingerprint density at radius 1 is 1.29 bits per heavy atom. The average Bonchev–Trinajstić information content (AvgIpc) is 2.55. The molecule has 0 unspecified atom stereocenters. The molecule has 2 heterocycles. The fourth-order valence-corrected chi connectivity index (χ4v) is 2.62. The molecule has 2 N–H and O–H groups in total. The second kappa shape index (κ2) is 6.50. The second-order valence-corrected chi connectivity index (χ2v) is 5.20. The summed E-state index contributed by atoms with van der Waals surface area (Å²) in [4.78, 5) is 16.6. The van der Waals surface area contributed by atoms with Gasteiger partial charge in [-0.25, -0.2) is 0 Å². The van der Waals surface area contributed by atoms with Crippen molar-refractivity contribution < 1.29 is 4.79 Å². The van der Waals surface area contributed by atoms with Crippen LogP contribution in [-0.4, -0.2) is 30.5 Å². The number of carbonyl (C=O) groups is 1. The molecule has 0 aliphatic carbocycles. The largest absolute Gasteiger partial charge is 0.352 e. The molecule has 0 bridgehead atoms. The molecular formula is C17H19N3O. The first-order valence-electron chi connectivity index (χ1n) is 7.35. The summed E-state index contributed by atoms with van der Waals surface area (Å²) in [7, 11) is 0. The van der Waals surface area contributed by atoms with E-state index >= 15 is 0 Å². The number of amides is 1. The van der Waals surface area contributed by atoms with E-state index in [0.717, 1.165) is 36.8 Å². The van der Waals surface area contributed by atoms with Crippen molar-refractivity contribution in [3.05, 3.63) is 53.7 Å². The summed E-state index contributed by atoms with van der Waals surface area (Å²) < 4.78 is 0. The molecule has 1 aliphatic heterocycles. The molecule has 1 aromatic heterocycles. The molecule has 4 nitrogen and oxygen atoms in total. The van der Waals surface area contributed by atoms with Gasteiger partial charge in [0.05, 0.1) is 11.1 Å². The standard InChI is InChI=1S/C17H19N3O/c21-17(20-11-7-13-5-9-18-10-6-13)15-8-12-19-16-4-2-1-3-14(15)16/h1-5,8,12,18H,6-7,9-11H2,(H,20,21). The maximum atomic E-state index is 12.3. The van der Waals surface area contributed by atoms with E-state index in [1.165, 1.54) is 5.57 Å². The minimum absolute atomic E-state index is 0.0249. The van der Waals surface area contributed by atoms with Crippen molar-refractivity contribution in [3.63, 3.8) is 0 Å². The molecule has 1 amide bonds. The maximum absolute atomic E-state index is 12.3. The van der Waals surface area contributed by atoms with Gasteiger partial charge in [-0.15, -0.1) is 0 Å². The van der Waals surface area contributed by atoms with Crippen molar-refractivity contribution in [2.75, 3.05) is 19.6 Å². The van der Waals surface area contributed by atoms with Crippen molar-refractivity contribution in [2.45, 2.75) is 12.8 Å². The molecule has 0 atom stereocenters. The van der Waals surface area contributed by atoms with Crippen LogP contribution < -0.4 is 10.6 Å². The minimum atomic E-state index is -0.0249. The van der Waals surface area contributed by atoms with Gasteiger partial charge in [-0.3, -0.25) is 9.78 Å². The molecule has 0 radical (unpaired) electrons. The third-order valence-electron chi connectivity index (χ3n) is 3.78. The molecule has 0 spiro atoms. The quantitative estimate of drug-likeness (QED) is 0.845. The highest BCUT2D eigenvalue weighted by molar-refractivity contribution is 6.05. The number of rotatable bonds is 4. The van der Waals surface area contributed by atoms with Gasteiger partial charge in [-0.1, -0.05) is 29.8 Å². The first kappa shape index (κ1) is 13.8. The predicted octanol–water partition coefficient (Wildman–Crippen LogP) is 2.27. The zero-order valence-corrected chi connectivity index (χ0v) is 11.9. The first-order chi connectivity index (χ1) is 10.3. The van der Waals surface area contributed by atoms with E-state index in [4.69, 9.17) is 0 Å². The fraction of sp³-hybridized carbons (Fsp3) is 0.294. The van der Waals surface area contributed by atoms with Crippen LogP contribution in [0.25, 0.3) is 10.9 Å². The van der Waals surface area contributed by atoms with Crippen LogP contribution in [0.5, 0.6) is 0 Å². The van der Waals surface area contributed by atoms with Crippen LogP contribution in [0.1, 0.15) is 23.2 Å². The molecule has 0 saturated carbocycles. The molecule has 2 aromatic rings. The summed E-state index contributed by atoms with van der Waals surface area (Å²) in [6.07, 6.45) is 5.91. The number of fused-ring (bicyclic) bond motifs is 1. The Bertz CT molecular complexity index is 673. The topological polar surface area (TPSA) is 54.0 Å². The number of para-hydroxylation sites is 1. The third kappa shape index (κ3) is 3.28. The zero-order chi connectivity index (χ0) is 14.5. The summed E-state index contributed by atoms with van der Waals surface area (Å²) in [6, 6.07) is 9.50. The van der Waals surface area contributed by atoms with E-state index in [9.17, 15) is 4.79 Å². The van der Waals surface area contributed by atoms with Crippen LogP contribution in [0, 0.1) is 0 Å². The third-order valence-corrected chi connectivity index (χ3v) is 3.78. The number of nitrogens with one attached hydrogen (secondary N) is 2. The SMILES string of the molecule is O=C(NCCC1=CCNCC1)c1ccnc2ccccc12. The van der Waals surface area contributed by atoms with E-state index < -0.39 is 0 Å². The van der Waals surface area contributed by atoms with Gasteiger partial charge in [0.2, 0.25) is 0 Å². The lowest BCUT2D eigenvalue weighted by Crippen LogP contribution is -2.26. The van der Waals surface area contributed by atoms with Crippen LogP contribution in [-0.2, 0) is 0 Å². The van der Waals surface area contributed by atoms with Crippen LogP contribution in [0.15, 0.2) is 48.2 Å². The van der Waals surface area contributed by atoms with Crippen molar-refractivity contribution >= 4 is 16.8 Å². The van der Waals surface area contributed by atoms with E-state index in [1.807, 2.05) is 24.3 Å². The number of hydrogen-bond acceptors (Lipinski definition) is 3. The molecule has 3 rings (SSSR count). The zero-order valence-electron chi connectivity index (χ0n) is 11.9. The molecular weight excluding hydrogens is 262 g/mol. The van der Waals surface area contributed by atoms with E-state index in [2.05, 4.69) is 21.7 Å². The molecule has 0 saturated heterocycles. The van der Waals surface area contributed by atoms with Gasteiger partial charge < -0.3 is 10.6 Å². The maximum Gasteiger partial charge on any atom is 0.252 e. The predicted molar refractivity (Wildman–Crippen MR) is 84.3 cm³/mol. The molecule has 1 aliphatic rings. The van der Waals surface area contributed by atoms with Crippen molar-refractivity contribution in [1.82, 2.24) is 15.6 Å². The number of nitrogens with zero attached hydrogens (tertiary/aromatic N) is 1. The van der Waals surface area contributed by atoms with Gasteiger partial charge in [0.25, 0.3) is 5.91 Å². The Balaban J connectivity index is 1.65. The van der Waals surface area contributed by atoms with Gasteiger partial charge in [-0.2, -0.15) is 0 Å². The molecule has 21 heavy (non-hydrogen) atoms. The van der Waals surface area contributed by atoms with Crippen LogP contribution >= 0.6 is 0 Å². The fourth-order valence-electron chi connectivity index (χ4n) is 2.62. The van der Waals surface area contributed by atoms with Gasteiger partial charge >= 0.3 is 0 Å². The molecule has 0 fully saturated rings. The number of benzene rings is 1. The van der Waals surface area contributed by atoms with Gasteiger partial charge in [-0.05, 0) is 31.5 Å². The highest BCUT2D eigenvalue weighted by atomic mass is 16.1. The Kier molecular flexibility index (Phi) is 4.26. The average molecular weight is 281 g/mol. The molecule has 4 heteroatoms. The number of aromatic nitrogens is 1.